The van der Waals surface area contributed by atoms with E-state index in [-0.39, 0.29) is 25.5 Å². The molecule has 0 spiro atoms. The Kier molecular flexibility index (Phi) is 5.36. The van der Waals surface area contributed by atoms with Crippen molar-refractivity contribution in [2.75, 3.05) is 13.2 Å². The molecule has 1 aromatic rings. The van der Waals surface area contributed by atoms with Crippen LogP contribution < -0.4 is 10.1 Å². The zero-order chi connectivity index (χ0) is 14.4. The average molecular weight is 265 g/mol. The summed E-state index contributed by atoms with van der Waals surface area (Å²) in [5.41, 5.74) is 3.30. The number of aliphatic carboxylic acids is 1. The van der Waals surface area contributed by atoms with E-state index in [4.69, 9.17) is 9.84 Å². The summed E-state index contributed by atoms with van der Waals surface area (Å²) >= 11 is 0. The van der Waals surface area contributed by atoms with Gasteiger partial charge in [0.1, 0.15) is 12.3 Å². The van der Waals surface area contributed by atoms with Crippen LogP contribution in [0.15, 0.2) is 12.1 Å². The third-order valence-corrected chi connectivity index (χ3v) is 2.79. The maximum absolute atomic E-state index is 11.3. The van der Waals surface area contributed by atoms with Crippen molar-refractivity contribution in [2.24, 2.45) is 0 Å². The number of amides is 1. The van der Waals surface area contributed by atoms with E-state index in [0.29, 0.717) is 0 Å². The van der Waals surface area contributed by atoms with Gasteiger partial charge in [-0.3, -0.25) is 9.59 Å². The summed E-state index contributed by atoms with van der Waals surface area (Å²) in [4.78, 5) is 21.6. The lowest BCUT2D eigenvalue weighted by atomic mass is 10.1. The SMILES string of the molecule is Cc1cc(C)c(C)c(OCCC(=O)NCC(=O)O)c1. The molecule has 0 aliphatic heterocycles. The van der Waals surface area contributed by atoms with Crippen molar-refractivity contribution in [1.82, 2.24) is 5.32 Å². The van der Waals surface area contributed by atoms with Gasteiger partial charge >= 0.3 is 5.97 Å². The average Bonchev–Trinajstić information content (AvgIpc) is 2.32. The summed E-state index contributed by atoms with van der Waals surface area (Å²) in [6.45, 7) is 5.83. The van der Waals surface area contributed by atoms with E-state index < -0.39 is 5.97 Å². The fourth-order valence-electron chi connectivity index (χ4n) is 1.67. The number of ether oxygens (including phenoxy) is 1. The second-order valence-corrected chi connectivity index (χ2v) is 4.47. The second kappa shape index (κ2) is 6.78. The molecule has 0 atom stereocenters. The molecule has 0 fully saturated rings. The van der Waals surface area contributed by atoms with Crippen molar-refractivity contribution in [2.45, 2.75) is 27.2 Å². The number of hydrogen-bond acceptors (Lipinski definition) is 3. The van der Waals surface area contributed by atoms with Gasteiger partial charge in [0, 0.05) is 0 Å². The number of carboxylic acids is 1. The number of rotatable bonds is 6. The Bertz CT molecular complexity index is 483. The Morgan fingerprint density at radius 3 is 2.58 bits per heavy atom. The van der Waals surface area contributed by atoms with E-state index in [0.717, 1.165) is 22.4 Å². The predicted octanol–water partition coefficient (Wildman–Crippen LogP) is 1.58. The van der Waals surface area contributed by atoms with Crippen molar-refractivity contribution < 1.29 is 19.4 Å². The number of benzene rings is 1. The number of carboxylic acid groups (broad SMARTS) is 1. The van der Waals surface area contributed by atoms with Crippen LogP contribution in [0.1, 0.15) is 23.1 Å². The van der Waals surface area contributed by atoms with E-state index in [9.17, 15) is 9.59 Å². The highest BCUT2D eigenvalue weighted by Crippen LogP contribution is 2.23. The molecule has 19 heavy (non-hydrogen) atoms. The van der Waals surface area contributed by atoms with Gasteiger partial charge in [0.05, 0.1) is 13.0 Å². The number of carbonyl (C=O) groups is 2. The maximum Gasteiger partial charge on any atom is 0.322 e. The van der Waals surface area contributed by atoms with Gasteiger partial charge < -0.3 is 15.2 Å². The maximum atomic E-state index is 11.3. The lowest BCUT2D eigenvalue weighted by Gasteiger charge is -2.12. The van der Waals surface area contributed by atoms with Crippen LogP contribution in [0.5, 0.6) is 5.75 Å². The Morgan fingerprint density at radius 2 is 1.95 bits per heavy atom. The van der Waals surface area contributed by atoms with Gasteiger partial charge in [0.2, 0.25) is 5.91 Å². The summed E-state index contributed by atoms with van der Waals surface area (Å²) in [7, 11) is 0. The van der Waals surface area contributed by atoms with Crippen LogP contribution >= 0.6 is 0 Å². The standard InChI is InChI=1S/C14H19NO4/c1-9-6-10(2)11(3)12(7-9)19-5-4-13(16)15-8-14(17)18/h6-7H,4-5,8H2,1-3H3,(H,15,16)(H,17,18). The zero-order valence-corrected chi connectivity index (χ0v) is 11.4. The van der Waals surface area contributed by atoms with E-state index in [2.05, 4.69) is 11.4 Å². The molecule has 0 radical (unpaired) electrons. The van der Waals surface area contributed by atoms with Crippen LogP contribution in [0.3, 0.4) is 0 Å². The van der Waals surface area contributed by atoms with Crippen LogP contribution in [-0.4, -0.2) is 30.1 Å². The Balaban J connectivity index is 2.45. The number of hydrogen-bond donors (Lipinski definition) is 2. The quantitative estimate of drug-likeness (QED) is 0.819. The lowest BCUT2D eigenvalue weighted by Crippen LogP contribution is -2.30. The van der Waals surface area contributed by atoms with Gasteiger partial charge in [0.25, 0.3) is 0 Å². The number of aryl methyl sites for hydroxylation is 2. The third-order valence-electron chi connectivity index (χ3n) is 2.79. The first-order valence-corrected chi connectivity index (χ1v) is 6.09. The third kappa shape index (κ3) is 4.99. The molecule has 104 valence electrons. The molecule has 0 saturated heterocycles. The molecular formula is C14H19NO4. The Hall–Kier alpha value is -2.04. The summed E-state index contributed by atoms with van der Waals surface area (Å²) in [5.74, 6) is -0.618. The number of nitrogens with one attached hydrogen (secondary N) is 1. The van der Waals surface area contributed by atoms with Gasteiger partial charge in [-0.05, 0) is 43.5 Å². The molecule has 5 nitrogen and oxygen atoms in total. The monoisotopic (exact) mass is 265 g/mol. The fourth-order valence-corrected chi connectivity index (χ4v) is 1.67. The van der Waals surface area contributed by atoms with E-state index in [1.165, 1.54) is 0 Å². The van der Waals surface area contributed by atoms with Crippen LogP contribution in [0, 0.1) is 20.8 Å². The summed E-state index contributed by atoms with van der Waals surface area (Å²) < 4.78 is 5.57. The van der Waals surface area contributed by atoms with Gasteiger partial charge in [-0.2, -0.15) is 0 Å². The van der Waals surface area contributed by atoms with Gasteiger partial charge in [-0.1, -0.05) is 6.07 Å². The topological polar surface area (TPSA) is 75.6 Å². The lowest BCUT2D eigenvalue weighted by molar-refractivity contribution is -0.138. The first-order chi connectivity index (χ1) is 8.90. The molecule has 0 aliphatic carbocycles. The first kappa shape index (κ1) is 15.0. The molecule has 0 aliphatic rings. The first-order valence-electron chi connectivity index (χ1n) is 6.09. The van der Waals surface area contributed by atoms with E-state index >= 15 is 0 Å². The van der Waals surface area contributed by atoms with Crippen molar-refractivity contribution in [3.63, 3.8) is 0 Å². The normalized spacial score (nSPS) is 10.1. The predicted molar refractivity (Wildman–Crippen MR) is 71.4 cm³/mol. The molecule has 5 heteroatoms. The smallest absolute Gasteiger partial charge is 0.322 e. The Labute approximate surface area is 112 Å². The van der Waals surface area contributed by atoms with Crippen molar-refractivity contribution in [1.29, 1.82) is 0 Å². The Morgan fingerprint density at radius 1 is 1.26 bits per heavy atom. The molecule has 0 saturated carbocycles. The van der Waals surface area contributed by atoms with E-state index in [1.807, 2.05) is 26.8 Å². The minimum absolute atomic E-state index is 0.139. The molecule has 1 aromatic carbocycles. The van der Waals surface area contributed by atoms with Crippen LogP contribution in [-0.2, 0) is 9.59 Å². The van der Waals surface area contributed by atoms with Gasteiger partial charge in [-0.25, -0.2) is 0 Å². The minimum Gasteiger partial charge on any atom is -0.493 e. The number of carbonyl (C=O) groups excluding carboxylic acids is 1. The van der Waals surface area contributed by atoms with Crippen molar-refractivity contribution in [3.8, 4) is 5.75 Å². The van der Waals surface area contributed by atoms with Gasteiger partial charge in [0.15, 0.2) is 0 Å². The minimum atomic E-state index is -1.06. The van der Waals surface area contributed by atoms with Crippen LogP contribution in [0.4, 0.5) is 0 Å². The largest absolute Gasteiger partial charge is 0.493 e. The molecule has 2 N–H and O–H groups in total. The molecular weight excluding hydrogens is 246 g/mol. The highest BCUT2D eigenvalue weighted by molar-refractivity contribution is 5.81. The molecule has 0 aromatic heterocycles. The van der Waals surface area contributed by atoms with Crippen LogP contribution in [0.25, 0.3) is 0 Å². The fraction of sp³-hybridized carbons (Fsp3) is 0.429. The van der Waals surface area contributed by atoms with Crippen molar-refractivity contribution >= 4 is 11.9 Å². The molecule has 1 amide bonds. The summed E-state index contributed by atoms with van der Waals surface area (Å²) in [6.07, 6.45) is 0.139. The van der Waals surface area contributed by atoms with Gasteiger partial charge in [-0.15, -0.1) is 0 Å². The molecule has 0 heterocycles. The molecule has 0 unspecified atom stereocenters. The molecule has 1 rings (SSSR count). The zero-order valence-electron chi connectivity index (χ0n) is 11.4. The van der Waals surface area contributed by atoms with E-state index in [1.54, 1.807) is 0 Å². The highest BCUT2D eigenvalue weighted by Gasteiger charge is 2.07. The summed E-state index contributed by atoms with van der Waals surface area (Å²) in [6, 6.07) is 4.00. The van der Waals surface area contributed by atoms with Crippen LogP contribution in [0.2, 0.25) is 0 Å². The summed E-state index contributed by atoms with van der Waals surface area (Å²) in [5, 5.41) is 10.7. The highest BCUT2D eigenvalue weighted by atomic mass is 16.5. The molecule has 0 bridgehead atoms. The second-order valence-electron chi connectivity index (χ2n) is 4.47. The van der Waals surface area contributed by atoms with Crippen molar-refractivity contribution in [3.05, 3.63) is 28.8 Å².